The molecular formula is C26H52N8O11. The number of nitrogens with zero attached hydrogens (tertiary/aromatic N) is 1. The second-order valence-electron chi connectivity index (χ2n) is 12.6. The molecule has 2 heterocycles. The van der Waals surface area contributed by atoms with Gasteiger partial charge in [-0.1, -0.05) is 0 Å². The summed E-state index contributed by atoms with van der Waals surface area (Å²) in [5.41, 5.74) is 29.9. The van der Waals surface area contributed by atoms with Gasteiger partial charge in [-0.25, -0.2) is 9.86 Å². The Hall–Kier alpha value is -1.37. The van der Waals surface area contributed by atoms with Crippen molar-refractivity contribution < 1.29 is 54.5 Å². The Kier molecular flexibility index (Phi) is 13.1. The molecule has 19 nitrogen and oxygen atoms in total. The number of urea groups is 1. The molecule has 45 heavy (non-hydrogen) atoms. The fourth-order valence-corrected chi connectivity index (χ4v) is 6.34. The Morgan fingerprint density at radius 1 is 0.844 bits per heavy atom. The molecule has 19 heteroatoms. The van der Waals surface area contributed by atoms with E-state index in [1.807, 2.05) is 0 Å². The first kappa shape index (κ1) is 36.5. The molecule has 2 amide bonds. The van der Waals surface area contributed by atoms with Gasteiger partial charge < -0.3 is 83.8 Å². The molecule has 4 aliphatic rings. The van der Waals surface area contributed by atoms with Crippen LogP contribution in [0.15, 0.2) is 0 Å². The first-order valence-corrected chi connectivity index (χ1v) is 15.5. The van der Waals surface area contributed by atoms with Crippen LogP contribution in [0.3, 0.4) is 0 Å². The summed E-state index contributed by atoms with van der Waals surface area (Å²) in [4.78, 5) is 12.6. The highest BCUT2D eigenvalue weighted by Crippen LogP contribution is 2.32. The van der Waals surface area contributed by atoms with Crippen molar-refractivity contribution in [3.63, 3.8) is 0 Å². The lowest BCUT2D eigenvalue weighted by molar-refractivity contribution is -0.316. The highest BCUT2D eigenvalue weighted by atomic mass is 16.7. The summed E-state index contributed by atoms with van der Waals surface area (Å²) in [5, 5.41) is 68.9. The van der Waals surface area contributed by atoms with Crippen LogP contribution in [0, 0.1) is 5.92 Å². The van der Waals surface area contributed by atoms with E-state index in [0.717, 1.165) is 19.4 Å². The van der Waals surface area contributed by atoms with E-state index in [2.05, 4.69) is 10.6 Å². The predicted octanol–water partition coefficient (Wildman–Crippen LogP) is -6.53. The minimum atomic E-state index is -1.59. The quantitative estimate of drug-likeness (QED) is 0.0688. The Morgan fingerprint density at radius 2 is 1.51 bits per heavy atom. The van der Waals surface area contributed by atoms with Gasteiger partial charge in [0, 0.05) is 25.2 Å². The Balaban J connectivity index is 1.47. The number of carbonyl (C=O) groups is 1. The summed E-state index contributed by atoms with van der Waals surface area (Å²) in [6.07, 6.45) is -10.5. The van der Waals surface area contributed by atoms with Gasteiger partial charge in [-0.05, 0) is 38.1 Å². The third kappa shape index (κ3) is 8.76. The predicted molar refractivity (Wildman–Crippen MR) is 155 cm³/mol. The summed E-state index contributed by atoms with van der Waals surface area (Å²) < 4.78 is 23.7. The van der Waals surface area contributed by atoms with Gasteiger partial charge >= 0.3 is 6.03 Å². The Labute approximate surface area is 261 Å². The number of aliphatic hydroxyl groups excluding tert-OH is 5. The van der Waals surface area contributed by atoms with Crippen molar-refractivity contribution in [2.24, 2.45) is 34.6 Å². The van der Waals surface area contributed by atoms with Gasteiger partial charge in [0.1, 0.15) is 36.6 Å². The van der Waals surface area contributed by atoms with Gasteiger partial charge in [0.15, 0.2) is 12.6 Å². The molecule has 14 atom stereocenters. The molecule has 1 unspecified atom stereocenters. The fourth-order valence-electron chi connectivity index (χ4n) is 6.34. The maximum Gasteiger partial charge on any atom is 0.341 e. The summed E-state index contributed by atoms with van der Waals surface area (Å²) in [6.45, 7) is 0.191. The number of rotatable bonds is 12. The highest BCUT2D eigenvalue weighted by molar-refractivity contribution is 5.73. The Morgan fingerprint density at radius 3 is 2.16 bits per heavy atom. The van der Waals surface area contributed by atoms with Crippen LogP contribution in [-0.2, 0) is 18.9 Å². The average molecular weight is 653 g/mol. The maximum absolute atomic E-state index is 12.6. The van der Waals surface area contributed by atoms with E-state index in [1.54, 1.807) is 0 Å². The van der Waals surface area contributed by atoms with E-state index in [1.165, 1.54) is 0 Å². The zero-order chi connectivity index (χ0) is 33.0. The number of hydrogen-bond donors (Lipinski definition) is 13. The first-order chi connectivity index (χ1) is 21.3. The monoisotopic (exact) mass is 652 g/mol. The smallest absolute Gasteiger partial charge is 0.341 e. The molecule has 2 aliphatic carbocycles. The lowest BCUT2D eigenvalue weighted by atomic mass is 9.81. The number of nitrogens with two attached hydrogens (primary N) is 5. The number of amides is 2. The van der Waals surface area contributed by atoms with Crippen LogP contribution in [0.4, 0.5) is 4.79 Å². The first-order valence-electron chi connectivity index (χ1n) is 15.5. The maximum atomic E-state index is 12.6. The summed E-state index contributed by atoms with van der Waals surface area (Å²) in [6, 6.07) is -4.75. The van der Waals surface area contributed by atoms with Crippen LogP contribution in [0.25, 0.3) is 0 Å². The number of hydrogen-bond acceptors (Lipinski definition) is 17. The van der Waals surface area contributed by atoms with Crippen molar-refractivity contribution in [2.75, 3.05) is 32.8 Å². The van der Waals surface area contributed by atoms with E-state index >= 15 is 0 Å². The molecule has 0 aromatic carbocycles. The van der Waals surface area contributed by atoms with Crippen molar-refractivity contribution in [3.8, 4) is 0 Å². The average Bonchev–Trinajstić information content (AvgIpc) is 2.98. The summed E-state index contributed by atoms with van der Waals surface area (Å²) in [5.74, 6) is 0.459. The number of carbonyl (C=O) groups excluding carboxylic acids is 1. The standard InChI is InChI=1S/C26H52N8O11/c27-1-2-34(41)26(40)33-14-5-12(29)22(21(39)23(14)45-25-20(38)18(31)19(37)17(9-35)43-25)44-24-13(30)6-15(36)16(42-24)8-32-7-10-3-11(28)4-10/h10-25,32,35-39,41H,1-9,27-31H2,(H,33,40)/t10?,11?,12-,13+,14+,15-,16+,17+,18-,19+,20+,21-,22?,23-,24+,25+/m0/s1. The van der Waals surface area contributed by atoms with Crippen molar-refractivity contribution in [1.82, 2.24) is 15.7 Å². The summed E-state index contributed by atoms with van der Waals surface area (Å²) >= 11 is 0. The minimum absolute atomic E-state index is 0.0287. The van der Waals surface area contributed by atoms with Crippen LogP contribution in [0.2, 0.25) is 0 Å². The van der Waals surface area contributed by atoms with E-state index in [-0.39, 0.29) is 32.0 Å². The van der Waals surface area contributed by atoms with E-state index in [4.69, 9.17) is 47.6 Å². The number of nitrogens with one attached hydrogen (secondary N) is 2. The molecule has 0 bridgehead atoms. The molecule has 0 radical (unpaired) electrons. The van der Waals surface area contributed by atoms with Crippen LogP contribution < -0.4 is 39.3 Å². The molecule has 18 N–H and O–H groups in total. The lowest BCUT2D eigenvalue weighted by Crippen LogP contribution is -2.69. The van der Waals surface area contributed by atoms with Gasteiger partial charge in [-0.2, -0.15) is 0 Å². The van der Waals surface area contributed by atoms with Crippen LogP contribution in [0.1, 0.15) is 25.7 Å². The Bertz CT molecular complexity index is 939. The molecule has 4 fully saturated rings. The molecule has 0 aromatic heterocycles. The number of ether oxygens (including phenoxy) is 4. The van der Waals surface area contributed by atoms with Crippen LogP contribution in [0.5, 0.6) is 0 Å². The van der Waals surface area contributed by atoms with E-state index in [9.17, 15) is 35.5 Å². The lowest BCUT2D eigenvalue weighted by Gasteiger charge is -2.48. The van der Waals surface area contributed by atoms with Gasteiger partial charge in [-0.3, -0.25) is 5.21 Å². The fraction of sp³-hybridized carbons (Fsp3) is 0.962. The van der Waals surface area contributed by atoms with Crippen LogP contribution in [-0.4, -0.2) is 166 Å². The van der Waals surface area contributed by atoms with Crippen molar-refractivity contribution >= 4 is 6.03 Å². The molecule has 0 spiro atoms. The molecule has 4 rings (SSSR count). The molecule has 2 saturated heterocycles. The van der Waals surface area contributed by atoms with Crippen molar-refractivity contribution in [3.05, 3.63) is 0 Å². The second kappa shape index (κ2) is 16.2. The zero-order valence-corrected chi connectivity index (χ0v) is 25.2. The van der Waals surface area contributed by atoms with Gasteiger partial charge in [0.05, 0.1) is 43.5 Å². The van der Waals surface area contributed by atoms with Gasteiger partial charge in [0.2, 0.25) is 0 Å². The van der Waals surface area contributed by atoms with E-state index < -0.39 is 98.2 Å². The molecule has 2 saturated carbocycles. The molecule has 262 valence electrons. The molecule has 2 aliphatic heterocycles. The third-order valence-electron chi connectivity index (χ3n) is 9.07. The SMILES string of the molecule is NCCN(O)C(=O)N[C@@H]1C[C@H](N)C(O[C@H]2O[C@H](CNCC3CC(N)C3)[C@@H](O)C[C@H]2N)[C@H](O)[C@H]1O[C@H]1O[C@H](CO)[C@@H](O)[C@H](N)[C@H]1O. The summed E-state index contributed by atoms with van der Waals surface area (Å²) in [7, 11) is 0. The molecule has 0 aromatic rings. The van der Waals surface area contributed by atoms with E-state index in [0.29, 0.717) is 17.5 Å². The number of hydroxylamine groups is 2. The third-order valence-corrected chi connectivity index (χ3v) is 9.07. The van der Waals surface area contributed by atoms with Gasteiger partial charge in [0.25, 0.3) is 0 Å². The topological polar surface area (TPSA) is 333 Å². The largest absolute Gasteiger partial charge is 0.394 e. The molecular weight excluding hydrogens is 600 g/mol. The van der Waals surface area contributed by atoms with Crippen LogP contribution >= 0.6 is 0 Å². The minimum Gasteiger partial charge on any atom is -0.394 e. The zero-order valence-electron chi connectivity index (χ0n) is 25.2. The second-order valence-corrected chi connectivity index (χ2v) is 12.6. The van der Waals surface area contributed by atoms with Gasteiger partial charge in [-0.15, -0.1) is 0 Å². The number of aliphatic hydroxyl groups is 5. The highest BCUT2D eigenvalue weighted by Gasteiger charge is 2.51. The normalized spacial score (nSPS) is 45.5. The van der Waals surface area contributed by atoms with Crippen molar-refractivity contribution in [1.29, 1.82) is 0 Å². The van der Waals surface area contributed by atoms with Crippen molar-refractivity contribution in [2.45, 2.75) is 117 Å².